The summed E-state index contributed by atoms with van der Waals surface area (Å²) >= 11 is 0. The maximum Gasteiger partial charge on any atom is 0.239 e. The molecule has 0 saturated heterocycles. The van der Waals surface area contributed by atoms with Crippen LogP contribution in [-0.2, 0) is 16.0 Å². The van der Waals surface area contributed by atoms with E-state index in [2.05, 4.69) is 10.6 Å². The van der Waals surface area contributed by atoms with Gasteiger partial charge in [0.15, 0.2) is 11.5 Å². The average Bonchev–Trinajstić information content (AvgIpc) is 3.08. The highest BCUT2D eigenvalue weighted by molar-refractivity contribution is 5.85. The van der Waals surface area contributed by atoms with Crippen molar-refractivity contribution in [1.29, 1.82) is 0 Å². The number of hydrogen-bond donors (Lipinski definition) is 2. The number of carbonyl (C=O) groups excluding carboxylic acids is 2. The summed E-state index contributed by atoms with van der Waals surface area (Å²) in [6, 6.07) is 5.77. The molecule has 0 radical (unpaired) electrons. The number of hydrogen-bond acceptors (Lipinski definition) is 4. The van der Waals surface area contributed by atoms with Gasteiger partial charge >= 0.3 is 0 Å². The molecule has 1 saturated carbocycles. The molecule has 2 amide bonds. The van der Waals surface area contributed by atoms with E-state index in [1.165, 1.54) is 6.42 Å². The zero-order valence-corrected chi connectivity index (χ0v) is 13.8. The van der Waals surface area contributed by atoms with Crippen molar-refractivity contribution in [2.45, 2.75) is 38.5 Å². The highest BCUT2D eigenvalue weighted by atomic mass is 16.7. The van der Waals surface area contributed by atoms with E-state index in [1.54, 1.807) is 0 Å². The SMILES string of the molecule is O=C(CNC(=O)C1CCCCC1)NCCc1ccc2c(c1)OCO2. The highest BCUT2D eigenvalue weighted by Gasteiger charge is 2.21. The monoisotopic (exact) mass is 332 g/mol. The molecule has 1 aliphatic carbocycles. The van der Waals surface area contributed by atoms with Crippen LogP contribution in [0.15, 0.2) is 18.2 Å². The molecular formula is C18H24N2O4. The molecule has 130 valence electrons. The maximum atomic E-state index is 12.0. The van der Waals surface area contributed by atoms with E-state index in [9.17, 15) is 9.59 Å². The number of benzene rings is 1. The summed E-state index contributed by atoms with van der Waals surface area (Å²) in [7, 11) is 0. The molecule has 0 unspecified atom stereocenters. The highest BCUT2D eigenvalue weighted by Crippen LogP contribution is 2.32. The van der Waals surface area contributed by atoms with E-state index >= 15 is 0 Å². The molecule has 24 heavy (non-hydrogen) atoms. The minimum Gasteiger partial charge on any atom is -0.454 e. The zero-order chi connectivity index (χ0) is 16.8. The summed E-state index contributed by atoms with van der Waals surface area (Å²) in [5.74, 6) is 1.45. The first-order valence-electron chi connectivity index (χ1n) is 8.65. The standard InChI is InChI=1S/C18H24N2O4/c21-17(11-20-18(22)14-4-2-1-3-5-14)19-9-8-13-6-7-15-16(10-13)24-12-23-15/h6-7,10,14H,1-5,8-9,11-12H2,(H,19,21)(H,20,22). The van der Waals surface area contributed by atoms with E-state index in [1.807, 2.05) is 18.2 Å². The van der Waals surface area contributed by atoms with Gasteiger partial charge in [0.05, 0.1) is 6.54 Å². The number of amides is 2. The Kier molecular flexibility index (Phi) is 5.56. The van der Waals surface area contributed by atoms with Crippen LogP contribution < -0.4 is 20.1 Å². The fourth-order valence-electron chi connectivity index (χ4n) is 3.18. The van der Waals surface area contributed by atoms with Crippen LogP contribution >= 0.6 is 0 Å². The van der Waals surface area contributed by atoms with Crippen LogP contribution in [0.3, 0.4) is 0 Å². The Hall–Kier alpha value is -2.24. The largest absolute Gasteiger partial charge is 0.454 e. The lowest BCUT2D eigenvalue weighted by Gasteiger charge is -2.20. The number of carbonyl (C=O) groups is 2. The second kappa shape index (κ2) is 8.04. The maximum absolute atomic E-state index is 12.0. The lowest BCUT2D eigenvalue weighted by atomic mass is 9.89. The van der Waals surface area contributed by atoms with E-state index in [-0.39, 0.29) is 31.1 Å². The van der Waals surface area contributed by atoms with Crippen molar-refractivity contribution in [3.63, 3.8) is 0 Å². The van der Waals surface area contributed by atoms with Crippen molar-refractivity contribution < 1.29 is 19.1 Å². The number of nitrogens with one attached hydrogen (secondary N) is 2. The first kappa shape index (κ1) is 16.6. The second-order valence-corrected chi connectivity index (χ2v) is 6.34. The Bertz CT molecular complexity index is 597. The Balaban J connectivity index is 1.34. The Labute approximate surface area is 141 Å². The van der Waals surface area contributed by atoms with Gasteiger partial charge < -0.3 is 20.1 Å². The van der Waals surface area contributed by atoms with Crippen LogP contribution in [0.4, 0.5) is 0 Å². The van der Waals surface area contributed by atoms with Gasteiger partial charge in [-0.15, -0.1) is 0 Å². The number of fused-ring (bicyclic) bond motifs is 1. The Morgan fingerprint density at radius 2 is 1.83 bits per heavy atom. The van der Waals surface area contributed by atoms with Gasteiger partial charge in [-0.05, 0) is 37.0 Å². The summed E-state index contributed by atoms with van der Waals surface area (Å²) in [6.45, 7) is 0.838. The number of rotatable bonds is 6. The molecule has 0 bridgehead atoms. The van der Waals surface area contributed by atoms with Gasteiger partial charge in [-0.2, -0.15) is 0 Å². The van der Waals surface area contributed by atoms with Crippen molar-refractivity contribution in [3.05, 3.63) is 23.8 Å². The molecule has 0 atom stereocenters. The molecule has 6 nitrogen and oxygen atoms in total. The lowest BCUT2D eigenvalue weighted by molar-refractivity contribution is -0.129. The summed E-state index contributed by atoms with van der Waals surface area (Å²) < 4.78 is 10.6. The molecule has 0 spiro atoms. The predicted octanol–water partition coefficient (Wildman–Crippen LogP) is 1.77. The second-order valence-electron chi connectivity index (χ2n) is 6.34. The van der Waals surface area contributed by atoms with Gasteiger partial charge in [0.2, 0.25) is 18.6 Å². The van der Waals surface area contributed by atoms with E-state index in [0.29, 0.717) is 13.0 Å². The Morgan fingerprint density at radius 3 is 2.67 bits per heavy atom. The van der Waals surface area contributed by atoms with Gasteiger partial charge in [-0.3, -0.25) is 9.59 Å². The topological polar surface area (TPSA) is 76.7 Å². The van der Waals surface area contributed by atoms with Gasteiger partial charge in [-0.25, -0.2) is 0 Å². The molecular weight excluding hydrogens is 308 g/mol. The third kappa shape index (κ3) is 4.40. The van der Waals surface area contributed by atoms with Crippen LogP contribution in [0.1, 0.15) is 37.7 Å². The molecule has 1 aromatic carbocycles. The van der Waals surface area contributed by atoms with Crippen molar-refractivity contribution in [3.8, 4) is 11.5 Å². The van der Waals surface area contributed by atoms with Gasteiger partial charge in [0.1, 0.15) is 0 Å². The van der Waals surface area contributed by atoms with Crippen molar-refractivity contribution in [1.82, 2.24) is 10.6 Å². The molecule has 1 aliphatic heterocycles. The predicted molar refractivity (Wildman–Crippen MR) is 88.9 cm³/mol. The minimum absolute atomic E-state index is 0.0145. The summed E-state index contributed by atoms with van der Waals surface area (Å²) in [5.41, 5.74) is 1.07. The first-order valence-corrected chi connectivity index (χ1v) is 8.65. The van der Waals surface area contributed by atoms with E-state index in [0.717, 1.165) is 42.7 Å². The van der Waals surface area contributed by atoms with Gasteiger partial charge in [-0.1, -0.05) is 25.3 Å². The van der Waals surface area contributed by atoms with Crippen LogP contribution in [0.5, 0.6) is 11.5 Å². The van der Waals surface area contributed by atoms with Crippen LogP contribution in [0, 0.1) is 5.92 Å². The fraction of sp³-hybridized carbons (Fsp3) is 0.556. The molecule has 6 heteroatoms. The quantitative estimate of drug-likeness (QED) is 0.832. The molecule has 0 aromatic heterocycles. The van der Waals surface area contributed by atoms with Crippen LogP contribution in [0.2, 0.25) is 0 Å². The smallest absolute Gasteiger partial charge is 0.239 e. The van der Waals surface area contributed by atoms with Gasteiger partial charge in [0, 0.05) is 12.5 Å². The first-order chi connectivity index (χ1) is 11.7. The van der Waals surface area contributed by atoms with Crippen molar-refractivity contribution >= 4 is 11.8 Å². The summed E-state index contributed by atoms with van der Waals surface area (Å²) in [5, 5.41) is 5.58. The molecule has 3 rings (SSSR count). The molecule has 2 N–H and O–H groups in total. The van der Waals surface area contributed by atoms with Gasteiger partial charge in [0.25, 0.3) is 0 Å². The normalized spacial score (nSPS) is 16.7. The molecule has 1 fully saturated rings. The summed E-state index contributed by atoms with van der Waals surface area (Å²) in [4.78, 5) is 23.8. The van der Waals surface area contributed by atoms with E-state index < -0.39 is 0 Å². The minimum atomic E-state index is -0.153. The van der Waals surface area contributed by atoms with Crippen LogP contribution in [-0.4, -0.2) is 31.7 Å². The molecule has 2 aliphatic rings. The number of ether oxygens (including phenoxy) is 2. The fourth-order valence-corrected chi connectivity index (χ4v) is 3.18. The Morgan fingerprint density at radius 1 is 1.04 bits per heavy atom. The van der Waals surface area contributed by atoms with Crippen LogP contribution in [0.25, 0.3) is 0 Å². The lowest BCUT2D eigenvalue weighted by Crippen LogP contribution is -2.40. The summed E-state index contributed by atoms with van der Waals surface area (Å²) in [6.07, 6.45) is 6.03. The van der Waals surface area contributed by atoms with Crippen molar-refractivity contribution in [2.24, 2.45) is 5.92 Å². The average molecular weight is 332 g/mol. The van der Waals surface area contributed by atoms with E-state index in [4.69, 9.17) is 9.47 Å². The van der Waals surface area contributed by atoms with Crippen molar-refractivity contribution in [2.75, 3.05) is 19.9 Å². The third-order valence-electron chi connectivity index (χ3n) is 4.57. The third-order valence-corrected chi connectivity index (χ3v) is 4.57. The molecule has 1 aromatic rings. The zero-order valence-electron chi connectivity index (χ0n) is 13.8. The molecule has 1 heterocycles.